The minimum Gasteiger partial charge on any atom is -0.411 e. The Morgan fingerprint density at radius 2 is 2.00 bits per heavy atom. The van der Waals surface area contributed by atoms with Crippen LogP contribution in [0.1, 0.15) is 39.3 Å². The number of nitrogens with zero attached hydrogens (tertiary/aromatic N) is 4. The van der Waals surface area contributed by atoms with E-state index in [4.69, 9.17) is 4.42 Å². The van der Waals surface area contributed by atoms with Gasteiger partial charge in [-0.15, -0.1) is 10.2 Å². The molecule has 7 heteroatoms. The second-order valence-electron chi connectivity index (χ2n) is 7.75. The Morgan fingerprint density at radius 3 is 2.84 bits per heavy atom. The molecule has 4 aromatic rings. The van der Waals surface area contributed by atoms with E-state index in [-0.39, 0.29) is 11.5 Å². The maximum Gasteiger partial charge on any atom is 0.277 e. The molecule has 0 saturated heterocycles. The average Bonchev–Trinajstić information content (AvgIpc) is 3.51. The highest BCUT2D eigenvalue weighted by Gasteiger charge is 2.19. The number of ketones is 1. The van der Waals surface area contributed by atoms with Gasteiger partial charge >= 0.3 is 0 Å². The van der Waals surface area contributed by atoms with Crippen molar-refractivity contribution in [2.75, 3.05) is 5.75 Å². The smallest absolute Gasteiger partial charge is 0.277 e. The lowest BCUT2D eigenvalue weighted by Gasteiger charge is -2.12. The van der Waals surface area contributed by atoms with E-state index in [1.807, 2.05) is 32.0 Å². The van der Waals surface area contributed by atoms with Crippen LogP contribution in [0.4, 0.5) is 0 Å². The van der Waals surface area contributed by atoms with E-state index in [9.17, 15) is 4.79 Å². The minimum absolute atomic E-state index is 0.0478. The van der Waals surface area contributed by atoms with Crippen LogP contribution in [0, 0.1) is 13.8 Å². The van der Waals surface area contributed by atoms with Crippen LogP contribution in [-0.4, -0.2) is 31.3 Å². The van der Waals surface area contributed by atoms with Crippen LogP contribution < -0.4 is 0 Å². The molecule has 0 fully saturated rings. The second-order valence-corrected chi connectivity index (χ2v) is 8.68. The Bertz CT molecular complexity index is 1260. The quantitative estimate of drug-likeness (QED) is 0.316. The maximum absolute atomic E-state index is 13.0. The van der Waals surface area contributed by atoms with Crippen LogP contribution in [-0.2, 0) is 12.8 Å². The zero-order valence-electron chi connectivity index (χ0n) is 17.5. The van der Waals surface area contributed by atoms with E-state index >= 15 is 0 Å². The Labute approximate surface area is 184 Å². The van der Waals surface area contributed by atoms with E-state index in [2.05, 4.69) is 37.9 Å². The molecule has 0 saturated carbocycles. The fourth-order valence-electron chi connectivity index (χ4n) is 4.22. The molecule has 0 atom stereocenters. The number of carbonyl (C=O) groups excluding carboxylic acids is 1. The first kappa shape index (κ1) is 19.8. The second kappa shape index (κ2) is 8.15. The molecule has 0 N–H and O–H groups in total. The summed E-state index contributed by atoms with van der Waals surface area (Å²) in [6.07, 6.45) is 6.88. The van der Waals surface area contributed by atoms with Crippen LogP contribution in [0.15, 0.2) is 58.4 Å². The number of aryl methyl sites for hydroxylation is 3. The van der Waals surface area contributed by atoms with Gasteiger partial charge in [-0.1, -0.05) is 17.8 Å². The Balaban J connectivity index is 1.33. The van der Waals surface area contributed by atoms with Crippen molar-refractivity contribution in [2.24, 2.45) is 0 Å². The SMILES string of the molecule is Cc1cc(C(=O)CSc2nnc(-c3cccnc3)o2)c(C)n1-c1ccc2c(c1)CCC2. The van der Waals surface area contributed by atoms with Gasteiger partial charge in [0.2, 0.25) is 5.89 Å². The van der Waals surface area contributed by atoms with Gasteiger partial charge in [0, 0.05) is 35.0 Å². The lowest BCUT2D eigenvalue weighted by atomic mass is 10.1. The van der Waals surface area contributed by atoms with E-state index < -0.39 is 0 Å². The molecule has 1 aromatic carbocycles. The Kier molecular flexibility index (Phi) is 5.19. The van der Waals surface area contributed by atoms with Crippen LogP contribution >= 0.6 is 11.8 Å². The molecule has 0 spiro atoms. The number of hydrogen-bond acceptors (Lipinski definition) is 6. The molecule has 3 aromatic heterocycles. The maximum atomic E-state index is 13.0. The topological polar surface area (TPSA) is 73.8 Å². The lowest BCUT2D eigenvalue weighted by molar-refractivity contribution is 0.102. The van der Waals surface area contributed by atoms with E-state index in [1.54, 1.807) is 12.4 Å². The van der Waals surface area contributed by atoms with Gasteiger partial charge in [-0.3, -0.25) is 9.78 Å². The fourth-order valence-corrected chi connectivity index (χ4v) is 4.87. The number of fused-ring (bicyclic) bond motifs is 1. The molecule has 0 aliphatic heterocycles. The number of aromatic nitrogens is 4. The molecule has 5 rings (SSSR count). The van der Waals surface area contributed by atoms with Crippen molar-refractivity contribution >= 4 is 17.5 Å². The zero-order valence-corrected chi connectivity index (χ0v) is 18.3. The summed E-state index contributed by atoms with van der Waals surface area (Å²) >= 11 is 1.26. The van der Waals surface area contributed by atoms with Crippen LogP contribution in [0.3, 0.4) is 0 Å². The molecule has 31 heavy (non-hydrogen) atoms. The Hall–Kier alpha value is -3.19. The lowest BCUT2D eigenvalue weighted by Crippen LogP contribution is -2.06. The van der Waals surface area contributed by atoms with Crippen molar-refractivity contribution in [3.05, 3.63) is 76.9 Å². The molecule has 0 radical (unpaired) electrons. The number of pyridine rings is 1. The molecule has 3 heterocycles. The fraction of sp³-hybridized carbons (Fsp3) is 0.250. The molecular weight excluding hydrogens is 408 g/mol. The third-order valence-electron chi connectivity index (χ3n) is 5.71. The first-order valence-corrected chi connectivity index (χ1v) is 11.3. The molecule has 0 amide bonds. The highest BCUT2D eigenvalue weighted by atomic mass is 32.2. The average molecular weight is 431 g/mol. The predicted molar refractivity (Wildman–Crippen MR) is 120 cm³/mol. The van der Waals surface area contributed by atoms with Crippen molar-refractivity contribution in [2.45, 2.75) is 38.3 Å². The molecule has 156 valence electrons. The number of rotatable bonds is 6. The van der Waals surface area contributed by atoms with Crippen molar-refractivity contribution in [3.8, 4) is 17.1 Å². The van der Waals surface area contributed by atoms with E-state index in [0.29, 0.717) is 11.1 Å². The zero-order chi connectivity index (χ0) is 21.4. The minimum atomic E-state index is 0.0478. The predicted octanol–water partition coefficient (Wildman–Crippen LogP) is 5.00. The summed E-state index contributed by atoms with van der Waals surface area (Å²) in [5.41, 5.74) is 7.50. The highest BCUT2D eigenvalue weighted by molar-refractivity contribution is 7.99. The third-order valence-corrected chi connectivity index (χ3v) is 6.53. The number of benzene rings is 1. The van der Waals surface area contributed by atoms with Gasteiger partial charge < -0.3 is 8.98 Å². The summed E-state index contributed by atoms with van der Waals surface area (Å²) in [6.45, 7) is 4.05. The number of carbonyl (C=O) groups is 1. The van der Waals surface area contributed by atoms with Gasteiger partial charge in [-0.2, -0.15) is 0 Å². The summed E-state index contributed by atoms with van der Waals surface area (Å²) in [5, 5.41) is 8.47. The van der Waals surface area contributed by atoms with E-state index in [0.717, 1.165) is 34.6 Å². The van der Waals surface area contributed by atoms with E-state index in [1.165, 1.54) is 35.7 Å². The van der Waals surface area contributed by atoms with Crippen molar-refractivity contribution in [3.63, 3.8) is 0 Å². The molecular formula is C24H22N4O2S. The van der Waals surface area contributed by atoms with Crippen molar-refractivity contribution in [1.82, 2.24) is 19.7 Å². The van der Waals surface area contributed by atoms with Gasteiger partial charge in [0.1, 0.15) is 0 Å². The number of Topliss-reactive ketones (excluding diaryl/α,β-unsaturated/α-hetero) is 1. The van der Waals surface area contributed by atoms with Crippen LogP contribution in [0.25, 0.3) is 17.1 Å². The van der Waals surface area contributed by atoms with Gasteiger partial charge in [-0.05, 0) is 74.6 Å². The van der Waals surface area contributed by atoms with Gasteiger partial charge in [-0.25, -0.2) is 0 Å². The number of thioether (sulfide) groups is 1. The van der Waals surface area contributed by atoms with Crippen LogP contribution in [0.5, 0.6) is 0 Å². The largest absolute Gasteiger partial charge is 0.411 e. The first-order valence-electron chi connectivity index (χ1n) is 10.3. The normalized spacial score (nSPS) is 12.8. The first-order chi connectivity index (χ1) is 15.1. The van der Waals surface area contributed by atoms with Crippen molar-refractivity contribution in [1.29, 1.82) is 0 Å². The Morgan fingerprint density at radius 1 is 1.13 bits per heavy atom. The highest BCUT2D eigenvalue weighted by Crippen LogP contribution is 2.29. The van der Waals surface area contributed by atoms with Gasteiger partial charge in [0.25, 0.3) is 5.22 Å². The number of hydrogen-bond donors (Lipinski definition) is 0. The summed E-state index contributed by atoms with van der Waals surface area (Å²) in [7, 11) is 0. The summed E-state index contributed by atoms with van der Waals surface area (Å²) in [5.74, 6) is 0.688. The molecule has 1 aliphatic carbocycles. The standard InChI is InChI=1S/C24H22N4O2S/c1-15-11-21(16(2)28(15)20-9-8-17-5-3-6-18(17)12-20)22(29)14-31-24-27-26-23(30-24)19-7-4-10-25-13-19/h4,7-13H,3,5-6,14H2,1-2H3. The summed E-state index contributed by atoms with van der Waals surface area (Å²) in [6, 6.07) is 12.3. The van der Waals surface area contributed by atoms with Crippen molar-refractivity contribution < 1.29 is 9.21 Å². The third kappa shape index (κ3) is 3.81. The summed E-state index contributed by atoms with van der Waals surface area (Å²) < 4.78 is 7.84. The van der Waals surface area contributed by atoms with Crippen LogP contribution in [0.2, 0.25) is 0 Å². The summed E-state index contributed by atoms with van der Waals surface area (Å²) in [4.78, 5) is 17.0. The van der Waals surface area contributed by atoms with Gasteiger partial charge in [0.05, 0.1) is 11.3 Å². The van der Waals surface area contributed by atoms with Gasteiger partial charge in [0.15, 0.2) is 5.78 Å². The molecule has 0 unspecified atom stereocenters. The molecule has 0 bridgehead atoms. The molecule has 6 nitrogen and oxygen atoms in total. The monoisotopic (exact) mass is 430 g/mol. The molecule has 1 aliphatic rings.